The molecule has 0 amide bonds. The fraction of sp³-hybridized carbons (Fsp3) is 0.238. The summed E-state index contributed by atoms with van der Waals surface area (Å²) in [7, 11) is 0. The topological polar surface area (TPSA) is 18.5 Å². The van der Waals surface area contributed by atoms with Gasteiger partial charge in [0.15, 0.2) is 0 Å². The largest absolute Gasteiger partial charge is 1.00 e. The van der Waals surface area contributed by atoms with Crippen molar-refractivity contribution < 1.29 is 54.2 Å². The van der Waals surface area contributed by atoms with Gasteiger partial charge < -0.3 is 34.2 Å². The smallest absolute Gasteiger partial charge is 0.690 e. The number of hydrogen-bond donors (Lipinski definition) is 0. The van der Waals surface area contributed by atoms with Crippen LogP contribution in [0.4, 0.5) is 0 Å². The summed E-state index contributed by atoms with van der Waals surface area (Å²) in [6.45, 7) is 4.65. The Hall–Kier alpha value is -1.36. The zero-order valence-electron chi connectivity index (χ0n) is 14.0. The molecule has 0 fully saturated rings. The van der Waals surface area contributed by atoms with E-state index in [-0.39, 0.29) is 63.4 Å². The molecular formula is C21H18Au2O2. The Morgan fingerprint density at radius 1 is 0.720 bits per heavy atom. The molecule has 0 bridgehead atoms. The maximum Gasteiger partial charge on any atom is 1.00 e. The van der Waals surface area contributed by atoms with E-state index >= 15 is 0 Å². The van der Waals surface area contributed by atoms with E-state index in [2.05, 4.69) is 25.7 Å². The van der Waals surface area contributed by atoms with Gasteiger partial charge in [-0.2, -0.15) is 0 Å². The Labute approximate surface area is 181 Å². The van der Waals surface area contributed by atoms with Crippen molar-refractivity contribution in [2.24, 2.45) is 0 Å². The van der Waals surface area contributed by atoms with E-state index in [0.717, 1.165) is 11.5 Å². The van der Waals surface area contributed by atoms with Crippen molar-refractivity contribution in [3.05, 3.63) is 72.5 Å². The number of hydrogen-bond acceptors (Lipinski definition) is 2. The SMILES string of the molecule is [Au+].[Au+].[C-]#CCOc1ccc(C(C)(C)c2ccc(OCC#[C-])cc2)cc1. The summed E-state index contributed by atoms with van der Waals surface area (Å²) in [6, 6.07) is 15.8. The van der Waals surface area contributed by atoms with Gasteiger partial charge in [-0.05, 0) is 35.4 Å². The Morgan fingerprint density at radius 3 is 1.32 bits per heavy atom. The first kappa shape index (κ1) is 23.6. The maximum absolute atomic E-state index is 6.87. The first-order valence-corrected chi connectivity index (χ1v) is 7.34. The summed E-state index contributed by atoms with van der Waals surface area (Å²) in [5.74, 6) is 5.88. The van der Waals surface area contributed by atoms with E-state index in [4.69, 9.17) is 22.3 Å². The number of ether oxygens (including phenoxy) is 2. The van der Waals surface area contributed by atoms with E-state index in [1.165, 1.54) is 11.1 Å². The zero-order chi connectivity index (χ0) is 16.7. The monoisotopic (exact) mass is 696 g/mol. The summed E-state index contributed by atoms with van der Waals surface area (Å²) in [5, 5.41) is 0. The Bertz CT molecular complexity index is 657. The van der Waals surface area contributed by atoms with Crippen molar-refractivity contribution in [2.45, 2.75) is 19.3 Å². The van der Waals surface area contributed by atoms with E-state index in [9.17, 15) is 0 Å². The minimum absolute atomic E-state index is 0. The van der Waals surface area contributed by atoms with Gasteiger partial charge in [0.05, 0.1) is 0 Å². The standard InChI is InChI=1S/C21H18O2.2Au/c1-5-15-22-19-11-7-17(8-12-19)21(3,4)18-9-13-20(14-10-18)23-16-6-2;;/h7-14H,15-16H2,3-4H3;;/q-2;2*+1. The minimum Gasteiger partial charge on any atom is -0.690 e. The molecule has 4 heteroatoms. The molecule has 25 heavy (non-hydrogen) atoms. The van der Waals surface area contributed by atoms with Crippen LogP contribution in [-0.2, 0) is 50.2 Å². The molecule has 2 aromatic carbocycles. The van der Waals surface area contributed by atoms with Gasteiger partial charge in [0.1, 0.15) is 24.7 Å². The van der Waals surface area contributed by atoms with Crippen LogP contribution in [-0.4, -0.2) is 13.2 Å². The Kier molecular flexibility index (Phi) is 10.7. The molecule has 0 N–H and O–H groups in total. The van der Waals surface area contributed by atoms with E-state index in [1.807, 2.05) is 48.5 Å². The normalized spacial score (nSPS) is 9.60. The van der Waals surface area contributed by atoms with Gasteiger partial charge in [0, 0.05) is 5.41 Å². The number of rotatable bonds is 6. The summed E-state index contributed by atoms with van der Waals surface area (Å²) in [4.78, 5) is 0. The summed E-state index contributed by atoms with van der Waals surface area (Å²) in [6.07, 6.45) is 13.7. The second-order valence-electron chi connectivity index (χ2n) is 5.60. The van der Waals surface area contributed by atoms with Crippen LogP contribution in [0.3, 0.4) is 0 Å². The second kappa shape index (κ2) is 11.3. The second-order valence-corrected chi connectivity index (χ2v) is 5.60. The van der Waals surface area contributed by atoms with Crippen molar-refractivity contribution in [1.82, 2.24) is 0 Å². The third-order valence-electron chi connectivity index (χ3n) is 3.77. The van der Waals surface area contributed by atoms with Crippen molar-refractivity contribution >= 4 is 0 Å². The fourth-order valence-electron chi connectivity index (χ4n) is 2.34. The van der Waals surface area contributed by atoms with Crippen LogP contribution in [0.1, 0.15) is 25.0 Å². The van der Waals surface area contributed by atoms with Gasteiger partial charge in [-0.3, -0.25) is 0 Å². The Morgan fingerprint density at radius 2 is 1.04 bits per heavy atom. The summed E-state index contributed by atoms with van der Waals surface area (Å²) in [5.41, 5.74) is 2.19. The van der Waals surface area contributed by atoms with E-state index in [1.54, 1.807) is 0 Å². The number of benzene rings is 2. The molecule has 0 aliphatic rings. The Balaban J connectivity index is 0.00000288. The molecule has 0 radical (unpaired) electrons. The molecule has 0 unspecified atom stereocenters. The molecule has 0 aromatic heterocycles. The third-order valence-corrected chi connectivity index (χ3v) is 3.77. The minimum atomic E-state index is -0.154. The predicted octanol–water partition coefficient (Wildman–Crippen LogP) is 3.94. The molecule has 0 spiro atoms. The molecule has 2 nitrogen and oxygen atoms in total. The van der Waals surface area contributed by atoms with Crippen molar-refractivity contribution in [2.75, 3.05) is 13.2 Å². The van der Waals surface area contributed by atoms with Crippen LogP contribution in [0, 0.1) is 24.7 Å². The van der Waals surface area contributed by atoms with E-state index < -0.39 is 0 Å². The third kappa shape index (κ3) is 6.46. The molecule has 136 valence electrons. The molecule has 0 aliphatic carbocycles. The van der Waals surface area contributed by atoms with Crippen molar-refractivity contribution in [3.63, 3.8) is 0 Å². The van der Waals surface area contributed by atoms with Gasteiger partial charge in [-0.15, -0.1) is 0 Å². The zero-order valence-corrected chi connectivity index (χ0v) is 18.3. The average Bonchev–Trinajstić information content (AvgIpc) is 2.59. The van der Waals surface area contributed by atoms with Crippen molar-refractivity contribution in [1.29, 1.82) is 0 Å². The van der Waals surface area contributed by atoms with Crippen LogP contribution in [0.15, 0.2) is 48.5 Å². The fourth-order valence-corrected chi connectivity index (χ4v) is 2.34. The molecule has 0 saturated heterocycles. The quantitative estimate of drug-likeness (QED) is 0.259. The van der Waals surface area contributed by atoms with Gasteiger partial charge in [-0.25, -0.2) is 0 Å². The van der Waals surface area contributed by atoms with Crippen LogP contribution in [0.5, 0.6) is 11.5 Å². The average molecular weight is 696 g/mol. The van der Waals surface area contributed by atoms with Gasteiger partial charge in [0.2, 0.25) is 0 Å². The molecule has 2 rings (SSSR count). The van der Waals surface area contributed by atoms with Crippen molar-refractivity contribution in [3.8, 4) is 23.3 Å². The molecule has 0 atom stereocenters. The first-order valence-electron chi connectivity index (χ1n) is 7.34. The van der Waals surface area contributed by atoms with Gasteiger partial charge in [-0.1, -0.05) is 38.1 Å². The first-order chi connectivity index (χ1) is 11.1. The molecular weight excluding hydrogens is 678 g/mol. The maximum atomic E-state index is 6.87. The summed E-state index contributed by atoms with van der Waals surface area (Å²) >= 11 is 0. The van der Waals surface area contributed by atoms with Gasteiger partial charge >= 0.3 is 44.8 Å². The molecule has 0 heterocycles. The van der Waals surface area contributed by atoms with Crippen LogP contribution >= 0.6 is 0 Å². The summed E-state index contributed by atoms with van der Waals surface area (Å²) < 4.78 is 10.7. The molecule has 0 aliphatic heterocycles. The van der Waals surface area contributed by atoms with E-state index in [0.29, 0.717) is 0 Å². The van der Waals surface area contributed by atoms with Crippen LogP contribution < -0.4 is 9.47 Å². The molecule has 0 saturated carbocycles. The van der Waals surface area contributed by atoms with Crippen LogP contribution in [0.25, 0.3) is 0 Å². The van der Waals surface area contributed by atoms with Crippen LogP contribution in [0.2, 0.25) is 0 Å². The van der Waals surface area contributed by atoms with Gasteiger partial charge in [0.25, 0.3) is 0 Å². The molecule has 2 aromatic rings. The predicted molar refractivity (Wildman–Crippen MR) is 90.3 cm³/mol.